The topological polar surface area (TPSA) is 15.3 Å². The van der Waals surface area contributed by atoms with Gasteiger partial charge in [0.15, 0.2) is 0 Å². The smallest absolute Gasteiger partial charge is 0.0467 e. The summed E-state index contributed by atoms with van der Waals surface area (Å²) in [6, 6.07) is 98.8. The predicted molar refractivity (Wildman–Crippen MR) is 291 cm³/mol. The molecule has 0 fully saturated rings. The molecule has 0 amide bonds. The van der Waals surface area contributed by atoms with Gasteiger partial charge < -0.3 is 10.2 Å². The molecule has 2 heteroatoms. The van der Waals surface area contributed by atoms with Crippen LogP contribution < -0.4 is 10.2 Å². The molecular formula is C66H46N2. The molecule has 1 N–H and O–H groups in total. The number of benzene rings is 12. The standard InChI is InChI=1S/C66H46N2/c1-4-20-48(21-5-1)65-62-34-13-12-33-60(62)61-42-39-51(45-63(61)66(65)49-22-6-2-7-23-49)50-25-16-29-55(43-50)68(54-40-37-47(38-41-54)58-35-18-24-46-19-10-11-31-57(46)58)56-30-17-26-52(44-56)59-32-14-15-36-64(59)67-53-27-8-3-9-28-53/h1-45,67H. The average Bonchev–Trinajstić information content (AvgIpc) is 3.41. The summed E-state index contributed by atoms with van der Waals surface area (Å²) in [5, 5.41) is 11.1. The molecule has 0 aliphatic carbocycles. The van der Waals surface area contributed by atoms with E-state index in [4.69, 9.17) is 0 Å². The number of anilines is 5. The number of fused-ring (bicyclic) bond motifs is 4. The fourth-order valence-electron chi connectivity index (χ4n) is 10.1. The van der Waals surface area contributed by atoms with Crippen LogP contribution in [-0.4, -0.2) is 0 Å². The van der Waals surface area contributed by atoms with Crippen LogP contribution in [0.25, 0.3) is 88.0 Å². The van der Waals surface area contributed by atoms with Crippen molar-refractivity contribution in [1.82, 2.24) is 0 Å². The van der Waals surface area contributed by atoms with Gasteiger partial charge in [0, 0.05) is 34.0 Å². The van der Waals surface area contributed by atoms with E-state index in [-0.39, 0.29) is 0 Å². The highest BCUT2D eigenvalue weighted by molar-refractivity contribution is 6.22. The van der Waals surface area contributed by atoms with Gasteiger partial charge in [0.1, 0.15) is 0 Å². The average molecular weight is 867 g/mol. The largest absolute Gasteiger partial charge is 0.355 e. The van der Waals surface area contributed by atoms with E-state index in [1.54, 1.807) is 0 Å². The molecule has 0 aliphatic rings. The van der Waals surface area contributed by atoms with Gasteiger partial charge in [-0.15, -0.1) is 0 Å². The van der Waals surface area contributed by atoms with Gasteiger partial charge in [0.25, 0.3) is 0 Å². The van der Waals surface area contributed by atoms with Crippen molar-refractivity contribution in [2.24, 2.45) is 0 Å². The molecular weight excluding hydrogens is 821 g/mol. The molecule has 0 radical (unpaired) electrons. The lowest BCUT2D eigenvalue weighted by molar-refractivity contribution is 1.28. The molecule has 12 aromatic carbocycles. The molecule has 0 unspecified atom stereocenters. The molecule has 0 atom stereocenters. The third-order valence-corrected chi connectivity index (χ3v) is 13.2. The minimum atomic E-state index is 1.05. The van der Waals surface area contributed by atoms with Crippen LogP contribution in [0.2, 0.25) is 0 Å². The second kappa shape index (κ2) is 17.8. The highest BCUT2D eigenvalue weighted by Gasteiger charge is 2.20. The SMILES string of the molecule is c1ccc(Nc2ccccc2-c2cccc(N(c3ccc(-c4cccc5ccccc45)cc3)c3cccc(-c4ccc5c(c4)c(-c4ccccc4)c(-c4ccccc4)c4ccccc45)c3)c2)cc1. The van der Waals surface area contributed by atoms with E-state index in [2.05, 4.69) is 277 Å². The maximum atomic E-state index is 3.68. The van der Waals surface area contributed by atoms with Crippen LogP contribution in [0.1, 0.15) is 0 Å². The maximum Gasteiger partial charge on any atom is 0.0467 e. The first-order valence-electron chi connectivity index (χ1n) is 23.3. The monoisotopic (exact) mass is 866 g/mol. The van der Waals surface area contributed by atoms with Crippen molar-refractivity contribution in [1.29, 1.82) is 0 Å². The van der Waals surface area contributed by atoms with E-state index in [9.17, 15) is 0 Å². The van der Waals surface area contributed by atoms with Gasteiger partial charge in [-0.05, 0) is 143 Å². The molecule has 12 aromatic rings. The Labute approximate surface area is 397 Å². The molecule has 320 valence electrons. The number of nitrogens with zero attached hydrogens (tertiary/aromatic N) is 1. The zero-order valence-corrected chi connectivity index (χ0v) is 37.4. The van der Waals surface area contributed by atoms with Crippen molar-refractivity contribution in [3.63, 3.8) is 0 Å². The van der Waals surface area contributed by atoms with Crippen LogP contribution in [0, 0.1) is 0 Å². The van der Waals surface area contributed by atoms with Gasteiger partial charge in [-0.2, -0.15) is 0 Å². The van der Waals surface area contributed by atoms with E-state index < -0.39 is 0 Å². The van der Waals surface area contributed by atoms with Crippen molar-refractivity contribution in [3.8, 4) is 55.6 Å². The summed E-state index contributed by atoms with van der Waals surface area (Å²) in [6.45, 7) is 0. The molecule has 12 rings (SSSR count). The molecule has 0 spiro atoms. The van der Waals surface area contributed by atoms with Crippen LogP contribution in [-0.2, 0) is 0 Å². The molecule has 0 heterocycles. The fraction of sp³-hybridized carbons (Fsp3) is 0. The Kier molecular flexibility index (Phi) is 10.6. The molecule has 0 bridgehead atoms. The second-order valence-corrected chi connectivity index (χ2v) is 17.3. The van der Waals surface area contributed by atoms with Crippen LogP contribution >= 0.6 is 0 Å². The second-order valence-electron chi connectivity index (χ2n) is 17.3. The lowest BCUT2D eigenvalue weighted by Gasteiger charge is -2.27. The first-order chi connectivity index (χ1) is 33.7. The fourth-order valence-corrected chi connectivity index (χ4v) is 10.1. The predicted octanol–water partition coefficient (Wildman–Crippen LogP) is 18.7. The Morgan fingerprint density at radius 2 is 0.735 bits per heavy atom. The molecule has 0 aliphatic heterocycles. The van der Waals surface area contributed by atoms with E-state index >= 15 is 0 Å². The number of hydrogen-bond acceptors (Lipinski definition) is 2. The Hall–Kier alpha value is -8.98. The van der Waals surface area contributed by atoms with Gasteiger partial charge in [-0.25, -0.2) is 0 Å². The summed E-state index contributed by atoms with van der Waals surface area (Å²) in [4.78, 5) is 2.39. The maximum absolute atomic E-state index is 3.68. The highest BCUT2D eigenvalue weighted by atomic mass is 15.1. The van der Waals surface area contributed by atoms with Crippen molar-refractivity contribution in [2.75, 3.05) is 10.2 Å². The van der Waals surface area contributed by atoms with Crippen LogP contribution in [0.5, 0.6) is 0 Å². The quantitative estimate of drug-likeness (QED) is 0.138. The lowest BCUT2D eigenvalue weighted by Crippen LogP contribution is -2.10. The van der Waals surface area contributed by atoms with E-state index in [1.807, 2.05) is 6.07 Å². The normalized spacial score (nSPS) is 11.2. The zero-order valence-electron chi connectivity index (χ0n) is 37.4. The van der Waals surface area contributed by atoms with Gasteiger partial charge >= 0.3 is 0 Å². The van der Waals surface area contributed by atoms with Crippen LogP contribution in [0.4, 0.5) is 28.4 Å². The van der Waals surface area contributed by atoms with Crippen molar-refractivity contribution >= 4 is 60.8 Å². The first-order valence-corrected chi connectivity index (χ1v) is 23.3. The third kappa shape index (κ3) is 7.64. The summed E-state index contributed by atoms with van der Waals surface area (Å²) in [5.41, 5.74) is 17.2. The minimum absolute atomic E-state index is 1.05. The number of rotatable bonds is 10. The highest BCUT2D eigenvalue weighted by Crippen LogP contribution is 2.46. The zero-order chi connectivity index (χ0) is 45.2. The third-order valence-electron chi connectivity index (χ3n) is 13.2. The van der Waals surface area contributed by atoms with Gasteiger partial charge in [0.05, 0.1) is 0 Å². The summed E-state index contributed by atoms with van der Waals surface area (Å²) in [5.74, 6) is 0. The van der Waals surface area contributed by atoms with E-state index in [0.29, 0.717) is 0 Å². The van der Waals surface area contributed by atoms with Gasteiger partial charge in [0.2, 0.25) is 0 Å². The molecule has 0 saturated carbocycles. The van der Waals surface area contributed by atoms with Crippen LogP contribution in [0.3, 0.4) is 0 Å². The Morgan fingerprint density at radius 1 is 0.250 bits per heavy atom. The lowest BCUT2D eigenvalue weighted by atomic mass is 9.84. The van der Waals surface area contributed by atoms with Crippen molar-refractivity contribution in [3.05, 3.63) is 273 Å². The van der Waals surface area contributed by atoms with E-state index in [0.717, 1.165) is 50.7 Å². The summed E-state index contributed by atoms with van der Waals surface area (Å²) >= 11 is 0. The van der Waals surface area contributed by atoms with Gasteiger partial charge in [-0.3, -0.25) is 0 Å². The van der Waals surface area contributed by atoms with Crippen molar-refractivity contribution in [2.45, 2.75) is 0 Å². The summed E-state index contributed by atoms with van der Waals surface area (Å²) in [6.07, 6.45) is 0. The Bertz CT molecular complexity index is 3740. The van der Waals surface area contributed by atoms with E-state index in [1.165, 1.54) is 65.7 Å². The molecule has 2 nitrogen and oxygen atoms in total. The first kappa shape index (κ1) is 40.5. The van der Waals surface area contributed by atoms with Gasteiger partial charge in [-0.1, -0.05) is 212 Å². The number of hydrogen-bond donors (Lipinski definition) is 1. The Morgan fingerprint density at radius 3 is 1.47 bits per heavy atom. The summed E-state index contributed by atoms with van der Waals surface area (Å²) in [7, 11) is 0. The molecule has 0 saturated heterocycles. The van der Waals surface area contributed by atoms with Crippen molar-refractivity contribution < 1.29 is 0 Å². The minimum Gasteiger partial charge on any atom is -0.355 e. The number of nitrogens with one attached hydrogen (secondary N) is 1. The van der Waals surface area contributed by atoms with Crippen LogP contribution in [0.15, 0.2) is 273 Å². The molecule has 0 aromatic heterocycles. The number of para-hydroxylation sites is 2. The summed E-state index contributed by atoms with van der Waals surface area (Å²) < 4.78 is 0. The molecule has 68 heavy (non-hydrogen) atoms. The Balaban J connectivity index is 1.02.